The van der Waals surface area contributed by atoms with Gasteiger partial charge in [-0.3, -0.25) is 0 Å². The van der Waals surface area contributed by atoms with Gasteiger partial charge in [0.2, 0.25) is 0 Å². The Bertz CT molecular complexity index is 573. The average molecular weight is 252 g/mol. The number of hydrogen-bond acceptors (Lipinski definition) is 6. The standard InChI is InChI=1S/C12H12O6/c13-1-7-8(2-14)10(4-16)12(6-18)11(5-17)9(7)3-15/h1-6,13-18H. The van der Waals surface area contributed by atoms with Crippen molar-refractivity contribution in [3.63, 3.8) is 0 Å². The molecule has 0 aromatic heterocycles. The third kappa shape index (κ3) is 1.80. The molecular weight excluding hydrogens is 240 g/mol. The summed E-state index contributed by atoms with van der Waals surface area (Å²) in [6.07, 6.45) is 3.53. The predicted molar refractivity (Wildman–Crippen MR) is 66.8 cm³/mol. The zero-order valence-electron chi connectivity index (χ0n) is 9.15. The highest BCUT2D eigenvalue weighted by Crippen LogP contribution is 1.54. The van der Waals surface area contributed by atoms with E-state index in [4.69, 9.17) is 30.6 Å². The van der Waals surface area contributed by atoms with E-state index < -0.39 is 0 Å². The Morgan fingerprint density at radius 2 is 0.444 bits per heavy atom. The molecule has 1 aromatic rings. The van der Waals surface area contributed by atoms with Crippen LogP contribution in [0, 0.1) is 0 Å². The topological polar surface area (TPSA) is 121 Å². The molecule has 0 heterocycles. The van der Waals surface area contributed by atoms with E-state index in [0.29, 0.717) is 37.6 Å². The molecule has 0 aliphatic heterocycles. The van der Waals surface area contributed by atoms with Gasteiger partial charge in [-0.05, 0) is 0 Å². The van der Waals surface area contributed by atoms with Gasteiger partial charge in [0.25, 0.3) is 0 Å². The van der Waals surface area contributed by atoms with Crippen molar-refractivity contribution < 1.29 is 30.6 Å². The van der Waals surface area contributed by atoms with Gasteiger partial charge in [-0.1, -0.05) is 0 Å². The Morgan fingerprint density at radius 3 is 0.500 bits per heavy atom. The second-order valence-corrected chi connectivity index (χ2v) is 3.26. The van der Waals surface area contributed by atoms with Crippen molar-refractivity contribution in [2.24, 2.45) is 0 Å². The molecule has 0 saturated carbocycles. The summed E-state index contributed by atoms with van der Waals surface area (Å²) in [4.78, 5) is 0. The molecule has 96 valence electrons. The fourth-order valence-electron chi connectivity index (χ4n) is 1.71. The Balaban J connectivity index is 4.64. The van der Waals surface area contributed by atoms with Crippen LogP contribution in [0.1, 0.15) is 0 Å². The molecule has 0 radical (unpaired) electrons. The van der Waals surface area contributed by atoms with Crippen molar-refractivity contribution in [3.8, 4) is 0 Å². The van der Waals surface area contributed by atoms with Crippen molar-refractivity contribution >= 4 is 37.6 Å². The minimum atomic E-state index is -0.0359. The number of aliphatic hydroxyl groups is 6. The van der Waals surface area contributed by atoms with Crippen LogP contribution >= 0.6 is 0 Å². The fourth-order valence-corrected chi connectivity index (χ4v) is 1.71. The highest BCUT2D eigenvalue weighted by Gasteiger charge is 2.00. The number of hydrogen-bond donors (Lipinski definition) is 6. The van der Waals surface area contributed by atoms with E-state index >= 15 is 0 Å². The summed E-state index contributed by atoms with van der Waals surface area (Å²) in [7, 11) is 0. The first kappa shape index (κ1) is 13.3. The van der Waals surface area contributed by atoms with Crippen molar-refractivity contribution in [2.45, 2.75) is 0 Å². The lowest BCUT2D eigenvalue weighted by molar-refractivity contribution is 0.518. The largest absolute Gasteiger partial charge is 0.515 e. The number of aliphatic hydroxyl groups excluding tert-OH is 6. The van der Waals surface area contributed by atoms with Gasteiger partial charge in [-0.2, -0.15) is 0 Å². The van der Waals surface area contributed by atoms with E-state index in [9.17, 15) is 0 Å². The van der Waals surface area contributed by atoms with Gasteiger partial charge in [0.15, 0.2) is 0 Å². The van der Waals surface area contributed by atoms with E-state index in [0.717, 1.165) is 0 Å². The van der Waals surface area contributed by atoms with Crippen LogP contribution in [-0.4, -0.2) is 30.6 Å². The van der Waals surface area contributed by atoms with Gasteiger partial charge in [-0.15, -0.1) is 0 Å². The fraction of sp³-hybridized carbons (Fsp3) is 0. The third-order valence-corrected chi connectivity index (χ3v) is 2.52. The molecule has 18 heavy (non-hydrogen) atoms. The minimum Gasteiger partial charge on any atom is -0.515 e. The maximum absolute atomic E-state index is 9.11. The molecule has 0 unspecified atom stereocenters. The van der Waals surface area contributed by atoms with Crippen LogP contribution in [0.3, 0.4) is 0 Å². The van der Waals surface area contributed by atoms with Gasteiger partial charge in [-0.25, -0.2) is 0 Å². The Morgan fingerprint density at radius 1 is 0.333 bits per heavy atom. The summed E-state index contributed by atoms with van der Waals surface area (Å²) in [6, 6.07) is 0. The summed E-state index contributed by atoms with van der Waals surface area (Å²) < 4.78 is 0. The van der Waals surface area contributed by atoms with Gasteiger partial charge in [0.1, 0.15) is 0 Å². The number of benzene rings is 1. The normalized spacial score (nSPS) is 9.33. The summed E-state index contributed by atoms with van der Waals surface area (Å²) >= 11 is 0. The van der Waals surface area contributed by atoms with Crippen molar-refractivity contribution in [1.82, 2.24) is 0 Å². The molecule has 6 heteroatoms. The Hall–Kier alpha value is -2.76. The van der Waals surface area contributed by atoms with Crippen LogP contribution < -0.4 is 31.3 Å². The first-order chi connectivity index (χ1) is 8.69. The molecule has 0 saturated heterocycles. The van der Waals surface area contributed by atoms with Crippen LogP contribution in [0.25, 0.3) is 37.6 Å². The predicted octanol–water partition coefficient (Wildman–Crippen LogP) is -2.54. The molecule has 0 spiro atoms. The monoisotopic (exact) mass is 252 g/mol. The SMILES string of the molecule is OC=c1c(=CO)c(=CO)c(=CO)c(=CO)c1=CO. The second kappa shape index (κ2) is 5.53. The van der Waals surface area contributed by atoms with Crippen LogP contribution in [0.2, 0.25) is 0 Å². The first-order valence-electron chi connectivity index (χ1n) is 4.78. The van der Waals surface area contributed by atoms with Gasteiger partial charge >= 0.3 is 0 Å². The lowest BCUT2D eigenvalue weighted by Gasteiger charge is -1.97. The molecule has 0 atom stereocenters. The molecule has 6 N–H and O–H groups in total. The van der Waals surface area contributed by atoms with E-state index in [-0.39, 0.29) is 31.3 Å². The minimum absolute atomic E-state index is 0.0359. The Kier molecular flexibility index (Phi) is 4.09. The van der Waals surface area contributed by atoms with E-state index in [1.807, 2.05) is 0 Å². The zero-order chi connectivity index (χ0) is 13.7. The van der Waals surface area contributed by atoms with Gasteiger partial charge < -0.3 is 30.6 Å². The third-order valence-electron chi connectivity index (χ3n) is 2.52. The van der Waals surface area contributed by atoms with Crippen molar-refractivity contribution in [1.29, 1.82) is 0 Å². The molecule has 0 aliphatic carbocycles. The lowest BCUT2D eigenvalue weighted by Crippen LogP contribution is -2.65. The maximum Gasteiger partial charge on any atom is 0.0878 e. The Labute approximate surface area is 100 Å². The summed E-state index contributed by atoms with van der Waals surface area (Å²) in [5, 5.41) is 54.5. The molecule has 0 bridgehead atoms. The first-order valence-corrected chi connectivity index (χ1v) is 4.78. The quantitative estimate of drug-likeness (QED) is 0.303. The zero-order valence-corrected chi connectivity index (χ0v) is 9.15. The van der Waals surface area contributed by atoms with E-state index in [1.165, 1.54) is 0 Å². The van der Waals surface area contributed by atoms with Crippen LogP contribution in [0.4, 0.5) is 0 Å². The summed E-state index contributed by atoms with van der Waals surface area (Å²) in [5.41, 5.74) is 0. The number of rotatable bonds is 0. The molecule has 0 aliphatic rings. The molecular formula is C12H12O6. The molecule has 0 amide bonds. The molecule has 1 aromatic carbocycles. The lowest BCUT2D eigenvalue weighted by atomic mass is 10.1. The highest BCUT2D eigenvalue weighted by atomic mass is 16.3. The highest BCUT2D eigenvalue weighted by molar-refractivity contribution is 5.37. The second-order valence-electron chi connectivity index (χ2n) is 3.26. The summed E-state index contributed by atoms with van der Waals surface area (Å²) in [5.74, 6) is 0. The van der Waals surface area contributed by atoms with Crippen LogP contribution in [0.5, 0.6) is 0 Å². The van der Waals surface area contributed by atoms with E-state index in [2.05, 4.69) is 0 Å². The van der Waals surface area contributed by atoms with Crippen molar-refractivity contribution in [2.75, 3.05) is 0 Å². The van der Waals surface area contributed by atoms with Crippen molar-refractivity contribution in [3.05, 3.63) is 31.3 Å². The summed E-state index contributed by atoms with van der Waals surface area (Å²) in [6.45, 7) is 0. The van der Waals surface area contributed by atoms with Crippen LogP contribution in [-0.2, 0) is 0 Å². The maximum atomic E-state index is 9.11. The molecule has 6 nitrogen and oxygen atoms in total. The smallest absolute Gasteiger partial charge is 0.0878 e. The molecule has 0 fully saturated rings. The van der Waals surface area contributed by atoms with Gasteiger partial charge in [0, 0.05) is 31.3 Å². The average Bonchev–Trinajstić information content (AvgIpc) is 2.43. The molecule has 1 rings (SSSR count). The van der Waals surface area contributed by atoms with E-state index in [1.54, 1.807) is 0 Å². The van der Waals surface area contributed by atoms with Gasteiger partial charge in [0.05, 0.1) is 37.6 Å². The van der Waals surface area contributed by atoms with Crippen LogP contribution in [0.15, 0.2) is 0 Å².